The van der Waals surface area contributed by atoms with Gasteiger partial charge in [0.25, 0.3) is 0 Å². The minimum absolute atomic E-state index is 0.0318. The number of piperidine rings is 1. The van der Waals surface area contributed by atoms with Crippen molar-refractivity contribution in [3.8, 4) is 0 Å². The van der Waals surface area contributed by atoms with Crippen LogP contribution in [0.3, 0.4) is 0 Å². The summed E-state index contributed by atoms with van der Waals surface area (Å²) < 4.78 is 0. The first-order valence-corrected chi connectivity index (χ1v) is 5.74. The number of H-pyrrole nitrogens is 1. The second-order valence-electron chi connectivity index (χ2n) is 4.46. The van der Waals surface area contributed by atoms with Crippen LogP contribution in [0.2, 0.25) is 0 Å². The van der Waals surface area contributed by atoms with Crippen LogP contribution in [0.5, 0.6) is 0 Å². The van der Waals surface area contributed by atoms with Crippen molar-refractivity contribution >= 4 is 5.91 Å². The number of hydrogen-bond donors (Lipinski definition) is 3. The summed E-state index contributed by atoms with van der Waals surface area (Å²) in [6.07, 6.45) is 5.59. The van der Waals surface area contributed by atoms with E-state index < -0.39 is 0 Å². The van der Waals surface area contributed by atoms with Crippen LogP contribution in [-0.2, 0) is 11.3 Å². The van der Waals surface area contributed by atoms with Gasteiger partial charge in [-0.05, 0) is 25.3 Å². The van der Waals surface area contributed by atoms with Crippen molar-refractivity contribution in [3.05, 3.63) is 18.0 Å². The molecule has 5 nitrogen and oxygen atoms in total. The van der Waals surface area contributed by atoms with Crippen LogP contribution in [0.1, 0.15) is 25.3 Å². The van der Waals surface area contributed by atoms with E-state index in [0.29, 0.717) is 12.5 Å². The maximum Gasteiger partial charge on any atom is 0.237 e. The highest BCUT2D eigenvalue weighted by atomic mass is 16.2. The summed E-state index contributed by atoms with van der Waals surface area (Å²) in [6.45, 7) is 3.67. The van der Waals surface area contributed by atoms with Crippen LogP contribution in [0, 0.1) is 5.92 Å². The van der Waals surface area contributed by atoms with Crippen LogP contribution < -0.4 is 10.6 Å². The minimum Gasteiger partial charge on any atom is -0.351 e. The second kappa shape index (κ2) is 5.12. The largest absolute Gasteiger partial charge is 0.351 e. The first-order chi connectivity index (χ1) is 7.75. The highest BCUT2D eigenvalue weighted by molar-refractivity contribution is 5.81. The molecule has 1 aliphatic rings. The van der Waals surface area contributed by atoms with Crippen LogP contribution in [0.4, 0.5) is 0 Å². The Morgan fingerprint density at radius 3 is 3.25 bits per heavy atom. The number of hydrogen-bond acceptors (Lipinski definition) is 3. The monoisotopic (exact) mass is 222 g/mol. The number of carbonyl (C=O) groups excluding carboxylic acids is 1. The summed E-state index contributed by atoms with van der Waals surface area (Å²) in [7, 11) is 0. The Morgan fingerprint density at radius 2 is 2.56 bits per heavy atom. The van der Waals surface area contributed by atoms with Crippen molar-refractivity contribution in [3.63, 3.8) is 0 Å². The van der Waals surface area contributed by atoms with E-state index >= 15 is 0 Å². The Hall–Kier alpha value is -1.36. The Kier molecular flexibility index (Phi) is 3.56. The van der Waals surface area contributed by atoms with E-state index in [9.17, 15) is 4.79 Å². The summed E-state index contributed by atoms with van der Waals surface area (Å²) in [4.78, 5) is 11.8. The first kappa shape index (κ1) is 11.1. The lowest BCUT2D eigenvalue weighted by Gasteiger charge is -2.27. The molecule has 0 aliphatic carbocycles. The molecule has 5 heteroatoms. The molecule has 88 valence electrons. The van der Waals surface area contributed by atoms with E-state index in [0.717, 1.165) is 24.9 Å². The molecule has 1 saturated heterocycles. The SMILES string of the molecule is CC1CCNC(C(=O)NCc2cn[nH]c2)C1. The summed E-state index contributed by atoms with van der Waals surface area (Å²) in [6, 6.07) is -0.0318. The third kappa shape index (κ3) is 2.82. The number of nitrogens with one attached hydrogen (secondary N) is 3. The predicted molar refractivity (Wildman–Crippen MR) is 60.6 cm³/mol. The average Bonchev–Trinajstić information content (AvgIpc) is 2.78. The zero-order chi connectivity index (χ0) is 11.4. The molecule has 0 spiro atoms. The summed E-state index contributed by atoms with van der Waals surface area (Å²) in [5.74, 6) is 0.721. The van der Waals surface area contributed by atoms with E-state index in [1.807, 2.05) is 0 Å². The fraction of sp³-hybridized carbons (Fsp3) is 0.636. The summed E-state index contributed by atoms with van der Waals surface area (Å²) in [5.41, 5.74) is 0.997. The van der Waals surface area contributed by atoms with Gasteiger partial charge in [-0.2, -0.15) is 5.10 Å². The van der Waals surface area contributed by atoms with Gasteiger partial charge in [-0.25, -0.2) is 0 Å². The topological polar surface area (TPSA) is 69.8 Å². The van der Waals surface area contributed by atoms with Gasteiger partial charge in [-0.1, -0.05) is 6.92 Å². The first-order valence-electron chi connectivity index (χ1n) is 5.74. The lowest BCUT2D eigenvalue weighted by Crippen LogP contribution is -2.48. The lowest BCUT2D eigenvalue weighted by molar-refractivity contribution is -0.124. The number of aromatic nitrogens is 2. The molecule has 1 amide bonds. The quantitative estimate of drug-likeness (QED) is 0.694. The van der Waals surface area contributed by atoms with E-state index in [4.69, 9.17) is 0 Å². The van der Waals surface area contributed by atoms with Crippen molar-refractivity contribution in [1.29, 1.82) is 0 Å². The molecule has 16 heavy (non-hydrogen) atoms. The maximum absolute atomic E-state index is 11.8. The van der Waals surface area contributed by atoms with Crippen LogP contribution in [-0.4, -0.2) is 28.7 Å². The van der Waals surface area contributed by atoms with E-state index in [2.05, 4.69) is 27.8 Å². The van der Waals surface area contributed by atoms with E-state index in [1.165, 1.54) is 0 Å². The number of rotatable bonds is 3. The van der Waals surface area contributed by atoms with Crippen molar-refractivity contribution in [1.82, 2.24) is 20.8 Å². The van der Waals surface area contributed by atoms with Gasteiger partial charge in [0.2, 0.25) is 5.91 Å². The molecule has 0 aromatic carbocycles. The number of carbonyl (C=O) groups is 1. The fourth-order valence-corrected chi connectivity index (χ4v) is 1.99. The molecule has 1 aromatic rings. The average molecular weight is 222 g/mol. The van der Waals surface area contributed by atoms with Crippen molar-refractivity contribution in [2.45, 2.75) is 32.4 Å². The Bertz CT molecular complexity index is 336. The van der Waals surface area contributed by atoms with Gasteiger partial charge in [0.05, 0.1) is 12.2 Å². The summed E-state index contributed by atoms with van der Waals surface area (Å²) >= 11 is 0. The standard InChI is InChI=1S/C11H18N4O/c1-8-2-3-12-10(4-8)11(16)13-5-9-6-14-15-7-9/h6-8,10,12H,2-5H2,1H3,(H,13,16)(H,14,15). The Balaban J connectivity index is 1.79. The summed E-state index contributed by atoms with van der Waals surface area (Å²) in [5, 5.41) is 12.7. The maximum atomic E-state index is 11.8. The van der Waals surface area contributed by atoms with Crippen LogP contribution in [0.15, 0.2) is 12.4 Å². The molecule has 1 fully saturated rings. The molecule has 2 unspecified atom stereocenters. The van der Waals surface area contributed by atoms with Crippen LogP contribution in [0.25, 0.3) is 0 Å². The van der Waals surface area contributed by atoms with Gasteiger partial charge >= 0.3 is 0 Å². The Morgan fingerprint density at radius 1 is 1.69 bits per heavy atom. The third-order valence-corrected chi connectivity index (χ3v) is 3.00. The minimum atomic E-state index is -0.0318. The molecule has 2 atom stereocenters. The van der Waals surface area contributed by atoms with Crippen molar-refractivity contribution in [2.24, 2.45) is 5.92 Å². The number of aromatic amines is 1. The highest BCUT2D eigenvalue weighted by Gasteiger charge is 2.23. The highest BCUT2D eigenvalue weighted by Crippen LogP contribution is 2.14. The molecule has 0 saturated carbocycles. The normalized spacial score (nSPS) is 25.3. The fourth-order valence-electron chi connectivity index (χ4n) is 1.99. The second-order valence-corrected chi connectivity index (χ2v) is 4.46. The third-order valence-electron chi connectivity index (χ3n) is 3.00. The molecule has 2 heterocycles. The van der Waals surface area contributed by atoms with Gasteiger partial charge < -0.3 is 10.6 Å². The smallest absolute Gasteiger partial charge is 0.237 e. The van der Waals surface area contributed by atoms with Gasteiger partial charge in [0.15, 0.2) is 0 Å². The van der Waals surface area contributed by atoms with Crippen LogP contribution >= 0.6 is 0 Å². The zero-order valence-corrected chi connectivity index (χ0v) is 9.49. The molecule has 0 bridgehead atoms. The lowest BCUT2D eigenvalue weighted by atomic mass is 9.94. The molecule has 3 N–H and O–H groups in total. The molecule has 2 rings (SSSR count). The van der Waals surface area contributed by atoms with Gasteiger partial charge in [0, 0.05) is 18.3 Å². The number of nitrogens with zero attached hydrogens (tertiary/aromatic N) is 1. The Labute approximate surface area is 95.0 Å². The van der Waals surface area contributed by atoms with Gasteiger partial charge in [0.1, 0.15) is 0 Å². The number of amides is 1. The molecular formula is C11H18N4O. The molecule has 0 radical (unpaired) electrons. The molecule has 1 aromatic heterocycles. The molecular weight excluding hydrogens is 204 g/mol. The molecule has 1 aliphatic heterocycles. The van der Waals surface area contributed by atoms with E-state index in [-0.39, 0.29) is 11.9 Å². The van der Waals surface area contributed by atoms with Crippen molar-refractivity contribution < 1.29 is 4.79 Å². The van der Waals surface area contributed by atoms with Gasteiger partial charge in [-0.15, -0.1) is 0 Å². The zero-order valence-electron chi connectivity index (χ0n) is 9.49. The van der Waals surface area contributed by atoms with Crippen molar-refractivity contribution in [2.75, 3.05) is 6.54 Å². The van der Waals surface area contributed by atoms with Gasteiger partial charge in [-0.3, -0.25) is 9.89 Å². The van der Waals surface area contributed by atoms with E-state index in [1.54, 1.807) is 12.4 Å². The predicted octanol–water partition coefficient (Wildman–Crippen LogP) is 0.414.